The van der Waals surface area contributed by atoms with Gasteiger partial charge in [-0.25, -0.2) is 13.1 Å². The topological polar surface area (TPSA) is 95.6 Å². The third kappa shape index (κ3) is 5.65. The summed E-state index contributed by atoms with van der Waals surface area (Å²) in [5.74, 6) is -0.199. The Hall–Kier alpha value is -2.71. The minimum Gasteiger partial charge on any atom is -0.380 e. The molecule has 0 radical (unpaired) electrons. The van der Waals surface area contributed by atoms with Crippen LogP contribution in [0.4, 0.5) is 5.69 Å². The van der Waals surface area contributed by atoms with E-state index in [0.717, 1.165) is 12.1 Å². The van der Waals surface area contributed by atoms with Gasteiger partial charge in [-0.3, -0.25) is 9.59 Å². The second kappa shape index (κ2) is 9.19. The number of hydrogen-bond acceptors (Lipinski definition) is 5. The standard InChI is InChI=1S/C21H25N3O4S/c1-16(25)17-7-9-20(10-8-17)29(27,28)22-13-11-21(26)24-14-12-19(15-24)23-18-5-3-2-4-6-18/h2-10,19,22-23H,11-15H2,1H3. The number of nitrogens with one attached hydrogen (secondary N) is 2. The van der Waals surface area contributed by atoms with Crippen LogP contribution < -0.4 is 10.0 Å². The van der Waals surface area contributed by atoms with Gasteiger partial charge in [0.25, 0.3) is 0 Å². The Balaban J connectivity index is 1.46. The highest BCUT2D eigenvalue weighted by Gasteiger charge is 2.26. The summed E-state index contributed by atoms with van der Waals surface area (Å²) in [5.41, 5.74) is 1.47. The molecule has 3 rings (SSSR count). The molecule has 1 atom stereocenters. The number of hydrogen-bond donors (Lipinski definition) is 2. The van der Waals surface area contributed by atoms with E-state index in [4.69, 9.17) is 0 Å². The van der Waals surface area contributed by atoms with Crippen LogP contribution in [0.1, 0.15) is 30.1 Å². The van der Waals surface area contributed by atoms with Gasteiger partial charge in [0, 0.05) is 43.3 Å². The Morgan fingerprint density at radius 3 is 2.41 bits per heavy atom. The maximum Gasteiger partial charge on any atom is 0.240 e. The molecule has 0 bridgehead atoms. The summed E-state index contributed by atoms with van der Waals surface area (Å²) in [6.45, 7) is 2.71. The van der Waals surface area contributed by atoms with E-state index in [9.17, 15) is 18.0 Å². The highest BCUT2D eigenvalue weighted by Crippen LogP contribution is 2.16. The minimum absolute atomic E-state index is 0.0307. The molecule has 154 valence electrons. The van der Waals surface area contributed by atoms with E-state index < -0.39 is 10.0 Å². The van der Waals surface area contributed by atoms with Crippen LogP contribution in [-0.4, -0.2) is 50.7 Å². The van der Waals surface area contributed by atoms with Crippen molar-refractivity contribution in [1.82, 2.24) is 9.62 Å². The number of Topliss-reactive ketones (excluding diaryl/α,β-unsaturated/α-hetero) is 1. The molecule has 2 aromatic carbocycles. The van der Waals surface area contributed by atoms with E-state index in [2.05, 4.69) is 10.0 Å². The Labute approximate surface area is 171 Å². The van der Waals surface area contributed by atoms with Crippen LogP contribution >= 0.6 is 0 Å². The average Bonchev–Trinajstić information content (AvgIpc) is 3.17. The SMILES string of the molecule is CC(=O)c1ccc(S(=O)(=O)NCCC(=O)N2CCC(Nc3ccccc3)C2)cc1. The Morgan fingerprint density at radius 2 is 1.76 bits per heavy atom. The summed E-state index contributed by atoms with van der Waals surface area (Å²) >= 11 is 0. The number of nitrogens with zero attached hydrogens (tertiary/aromatic N) is 1. The largest absolute Gasteiger partial charge is 0.380 e. The zero-order chi connectivity index (χ0) is 20.9. The molecule has 2 N–H and O–H groups in total. The van der Waals surface area contributed by atoms with Crippen molar-refractivity contribution >= 4 is 27.4 Å². The molecule has 7 nitrogen and oxygen atoms in total. The Bertz CT molecular complexity index is 959. The third-order valence-electron chi connectivity index (χ3n) is 4.89. The van der Waals surface area contributed by atoms with Crippen LogP contribution in [0.25, 0.3) is 0 Å². The number of rotatable bonds is 8. The maximum atomic E-state index is 12.4. The molecule has 0 saturated carbocycles. The van der Waals surface area contributed by atoms with Gasteiger partial charge in [-0.1, -0.05) is 30.3 Å². The van der Waals surface area contributed by atoms with Crippen molar-refractivity contribution in [2.24, 2.45) is 0 Å². The third-order valence-corrected chi connectivity index (χ3v) is 6.36. The molecule has 1 unspecified atom stereocenters. The van der Waals surface area contributed by atoms with Crippen LogP contribution in [-0.2, 0) is 14.8 Å². The first kappa shape index (κ1) is 21.0. The highest BCUT2D eigenvalue weighted by atomic mass is 32.2. The molecule has 1 amide bonds. The van der Waals surface area contributed by atoms with Gasteiger partial charge >= 0.3 is 0 Å². The summed E-state index contributed by atoms with van der Waals surface area (Å²) in [5, 5.41) is 3.41. The van der Waals surface area contributed by atoms with E-state index in [0.29, 0.717) is 18.7 Å². The number of ketones is 1. The number of carbonyl (C=O) groups excluding carboxylic acids is 2. The number of para-hydroxylation sites is 1. The van der Waals surface area contributed by atoms with Crippen LogP contribution in [0.2, 0.25) is 0 Å². The first-order valence-electron chi connectivity index (χ1n) is 9.55. The van der Waals surface area contributed by atoms with Gasteiger partial charge in [0.15, 0.2) is 5.78 Å². The number of anilines is 1. The maximum absolute atomic E-state index is 12.4. The normalized spacial score (nSPS) is 16.6. The monoisotopic (exact) mass is 415 g/mol. The molecule has 1 heterocycles. The fraction of sp³-hybridized carbons (Fsp3) is 0.333. The minimum atomic E-state index is -3.72. The van der Waals surface area contributed by atoms with Crippen LogP contribution in [0.15, 0.2) is 59.5 Å². The zero-order valence-electron chi connectivity index (χ0n) is 16.3. The summed E-state index contributed by atoms with van der Waals surface area (Å²) in [4.78, 5) is 25.5. The van der Waals surface area contributed by atoms with Gasteiger partial charge in [-0.05, 0) is 37.6 Å². The van der Waals surface area contributed by atoms with Crippen LogP contribution in [0, 0.1) is 0 Å². The Kier molecular flexibility index (Phi) is 6.66. The molecule has 0 aliphatic carbocycles. The smallest absolute Gasteiger partial charge is 0.240 e. The van der Waals surface area contributed by atoms with Gasteiger partial charge < -0.3 is 10.2 Å². The predicted octanol–water partition coefficient (Wildman–Crippen LogP) is 2.27. The first-order valence-corrected chi connectivity index (χ1v) is 11.0. The highest BCUT2D eigenvalue weighted by molar-refractivity contribution is 7.89. The van der Waals surface area contributed by atoms with Crippen molar-refractivity contribution in [2.45, 2.75) is 30.7 Å². The molecule has 1 fully saturated rings. The number of carbonyl (C=O) groups is 2. The van der Waals surface area contributed by atoms with E-state index in [1.54, 1.807) is 4.90 Å². The van der Waals surface area contributed by atoms with E-state index in [-0.39, 0.29) is 35.6 Å². The second-order valence-electron chi connectivity index (χ2n) is 7.06. The lowest BCUT2D eigenvalue weighted by Gasteiger charge is -2.18. The van der Waals surface area contributed by atoms with Crippen LogP contribution in [0.5, 0.6) is 0 Å². The number of benzene rings is 2. The van der Waals surface area contributed by atoms with Gasteiger partial charge in [0.05, 0.1) is 4.90 Å². The van der Waals surface area contributed by atoms with Crippen molar-refractivity contribution in [1.29, 1.82) is 0 Å². The fourth-order valence-corrected chi connectivity index (χ4v) is 4.31. The molecule has 8 heteroatoms. The lowest BCUT2D eigenvalue weighted by molar-refractivity contribution is -0.129. The van der Waals surface area contributed by atoms with E-state index in [1.165, 1.54) is 31.2 Å². The van der Waals surface area contributed by atoms with Crippen molar-refractivity contribution < 1.29 is 18.0 Å². The van der Waals surface area contributed by atoms with Gasteiger partial charge in [0.2, 0.25) is 15.9 Å². The summed E-state index contributed by atoms with van der Waals surface area (Å²) in [7, 11) is -3.72. The molecule has 1 aliphatic rings. The summed E-state index contributed by atoms with van der Waals surface area (Å²) in [6, 6.07) is 15.8. The van der Waals surface area contributed by atoms with Crippen molar-refractivity contribution in [2.75, 3.05) is 25.0 Å². The number of amides is 1. The predicted molar refractivity (Wildman–Crippen MR) is 111 cm³/mol. The fourth-order valence-electron chi connectivity index (χ4n) is 3.28. The van der Waals surface area contributed by atoms with E-state index >= 15 is 0 Å². The summed E-state index contributed by atoms with van der Waals surface area (Å²) < 4.78 is 27.1. The van der Waals surface area contributed by atoms with Crippen molar-refractivity contribution in [3.63, 3.8) is 0 Å². The van der Waals surface area contributed by atoms with Gasteiger partial charge in [-0.15, -0.1) is 0 Å². The quantitative estimate of drug-likeness (QED) is 0.645. The van der Waals surface area contributed by atoms with Gasteiger partial charge in [0.1, 0.15) is 0 Å². The molecule has 1 aliphatic heterocycles. The van der Waals surface area contributed by atoms with E-state index in [1.807, 2.05) is 30.3 Å². The Morgan fingerprint density at radius 1 is 1.07 bits per heavy atom. The van der Waals surface area contributed by atoms with Crippen molar-refractivity contribution in [3.8, 4) is 0 Å². The average molecular weight is 416 g/mol. The molecule has 0 aromatic heterocycles. The second-order valence-corrected chi connectivity index (χ2v) is 8.83. The molecule has 29 heavy (non-hydrogen) atoms. The van der Waals surface area contributed by atoms with Gasteiger partial charge in [-0.2, -0.15) is 0 Å². The molecule has 1 saturated heterocycles. The molecular formula is C21H25N3O4S. The first-order chi connectivity index (χ1) is 13.8. The molecule has 2 aromatic rings. The number of sulfonamides is 1. The molecular weight excluding hydrogens is 390 g/mol. The lowest BCUT2D eigenvalue weighted by Crippen LogP contribution is -2.34. The number of likely N-dealkylation sites (tertiary alicyclic amines) is 1. The van der Waals surface area contributed by atoms with Crippen LogP contribution in [0.3, 0.4) is 0 Å². The lowest BCUT2D eigenvalue weighted by atomic mass is 10.2. The summed E-state index contributed by atoms with van der Waals surface area (Å²) in [6.07, 6.45) is 0.956. The zero-order valence-corrected chi connectivity index (χ0v) is 17.1. The van der Waals surface area contributed by atoms with Crippen molar-refractivity contribution in [3.05, 3.63) is 60.2 Å². The molecule has 0 spiro atoms.